The van der Waals surface area contributed by atoms with E-state index in [0.717, 1.165) is 51.9 Å². The van der Waals surface area contributed by atoms with E-state index in [-0.39, 0.29) is 6.04 Å². The second-order valence-corrected chi connectivity index (χ2v) is 8.23. The fourth-order valence-electron chi connectivity index (χ4n) is 3.36. The Kier molecular flexibility index (Phi) is 5.84. The van der Waals surface area contributed by atoms with E-state index in [2.05, 4.69) is 24.2 Å². The number of nitrogens with one attached hydrogen (secondary N) is 1. The fraction of sp³-hybridized carbons (Fsp3) is 1.00. The van der Waals surface area contributed by atoms with E-state index in [4.69, 9.17) is 0 Å². The summed E-state index contributed by atoms with van der Waals surface area (Å²) in [5.41, 5.74) is 0. The summed E-state index contributed by atoms with van der Waals surface area (Å²) in [6.45, 7) is 6.56. The Morgan fingerprint density at radius 1 is 1.20 bits per heavy atom. The number of hydrogen-bond acceptors (Lipinski definition) is 4. The highest BCUT2D eigenvalue weighted by atomic mass is 32.2. The first-order valence-corrected chi connectivity index (χ1v) is 9.52. The van der Waals surface area contributed by atoms with Crippen LogP contribution in [0.3, 0.4) is 0 Å². The first-order chi connectivity index (χ1) is 9.53. The molecule has 0 aromatic carbocycles. The molecule has 2 saturated heterocycles. The molecule has 2 heterocycles. The summed E-state index contributed by atoms with van der Waals surface area (Å²) in [5.74, 6) is 0.675. The summed E-state index contributed by atoms with van der Waals surface area (Å²) in [7, 11) is -1.02. The van der Waals surface area contributed by atoms with E-state index in [1.165, 1.54) is 0 Å². The first kappa shape index (κ1) is 16.2. The molecule has 0 amide bonds. The predicted octanol–water partition coefficient (Wildman–Crippen LogP) is 0.732. The largest absolute Gasteiger partial charge is 0.317 e. The van der Waals surface area contributed by atoms with Crippen LogP contribution in [0.5, 0.6) is 0 Å². The number of sulfonamides is 1. The number of piperidine rings is 1. The Morgan fingerprint density at radius 3 is 2.55 bits per heavy atom. The van der Waals surface area contributed by atoms with Crippen molar-refractivity contribution in [3.63, 3.8) is 0 Å². The van der Waals surface area contributed by atoms with E-state index < -0.39 is 10.0 Å². The maximum absolute atomic E-state index is 12.8. The topological polar surface area (TPSA) is 52.7 Å². The molecule has 1 atom stereocenters. The molecule has 2 aliphatic heterocycles. The van der Waals surface area contributed by atoms with Crippen molar-refractivity contribution >= 4 is 10.0 Å². The minimum atomic E-state index is -3.11. The van der Waals surface area contributed by atoms with Gasteiger partial charge in [0.1, 0.15) is 0 Å². The fourth-order valence-corrected chi connectivity index (χ4v) is 5.56. The lowest BCUT2D eigenvalue weighted by atomic mass is 10.0. The summed E-state index contributed by atoms with van der Waals surface area (Å²) in [4.78, 5) is 2.26. The van der Waals surface area contributed by atoms with Gasteiger partial charge in [-0.15, -0.1) is 0 Å². The molecule has 20 heavy (non-hydrogen) atoms. The second kappa shape index (κ2) is 7.20. The van der Waals surface area contributed by atoms with Crippen LogP contribution >= 0.6 is 0 Å². The third-order valence-electron chi connectivity index (χ3n) is 4.58. The maximum Gasteiger partial charge on any atom is 0.214 e. The normalized spacial score (nSPS) is 28.4. The molecule has 6 heteroatoms. The molecule has 0 saturated carbocycles. The van der Waals surface area contributed by atoms with Gasteiger partial charge in [-0.25, -0.2) is 8.42 Å². The lowest BCUT2D eigenvalue weighted by molar-refractivity contribution is 0.268. The van der Waals surface area contributed by atoms with Crippen LogP contribution in [0, 0.1) is 5.92 Å². The third kappa shape index (κ3) is 4.16. The highest BCUT2D eigenvalue weighted by molar-refractivity contribution is 7.89. The van der Waals surface area contributed by atoms with Crippen molar-refractivity contribution in [1.82, 2.24) is 14.5 Å². The van der Waals surface area contributed by atoms with Gasteiger partial charge >= 0.3 is 0 Å². The van der Waals surface area contributed by atoms with Crippen LogP contribution in [0.15, 0.2) is 0 Å². The second-order valence-electron chi connectivity index (χ2n) is 6.26. The van der Waals surface area contributed by atoms with E-state index >= 15 is 0 Å². The zero-order valence-corrected chi connectivity index (χ0v) is 13.7. The maximum atomic E-state index is 12.8. The standard InChI is InChI=1S/C14H29N3O2S/c1-3-14-11-16(2)9-4-10-17(14)20(18,19)12-13-5-7-15-8-6-13/h13-15H,3-12H2,1-2H3. The average Bonchev–Trinajstić information content (AvgIpc) is 2.61. The van der Waals surface area contributed by atoms with Gasteiger partial charge in [-0.3, -0.25) is 0 Å². The van der Waals surface area contributed by atoms with Gasteiger partial charge in [-0.05, 0) is 58.3 Å². The predicted molar refractivity (Wildman–Crippen MR) is 82.3 cm³/mol. The Balaban J connectivity index is 2.05. The Bertz CT molecular complexity index is 393. The Morgan fingerprint density at radius 2 is 1.90 bits per heavy atom. The number of hydrogen-bond donors (Lipinski definition) is 1. The van der Waals surface area contributed by atoms with Crippen LogP contribution in [-0.2, 0) is 10.0 Å². The SMILES string of the molecule is CCC1CN(C)CCCN1S(=O)(=O)CC1CCNCC1. The molecule has 0 spiro atoms. The molecule has 2 rings (SSSR count). The molecule has 2 fully saturated rings. The van der Waals surface area contributed by atoms with Crippen LogP contribution in [0.1, 0.15) is 32.6 Å². The number of likely N-dealkylation sites (N-methyl/N-ethyl adjacent to an activating group) is 1. The van der Waals surface area contributed by atoms with Crippen LogP contribution < -0.4 is 5.32 Å². The van der Waals surface area contributed by atoms with Crippen LogP contribution in [0.25, 0.3) is 0 Å². The third-order valence-corrected chi connectivity index (χ3v) is 6.67. The van der Waals surface area contributed by atoms with Crippen molar-refractivity contribution in [2.45, 2.75) is 38.6 Å². The molecule has 118 valence electrons. The minimum absolute atomic E-state index is 0.147. The van der Waals surface area contributed by atoms with Gasteiger partial charge < -0.3 is 10.2 Å². The van der Waals surface area contributed by atoms with Gasteiger partial charge in [-0.1, -0.05) is 6.92 Å². The Labute approximate surface area is 123 Å². The smallest absolute Gasteiger partial charge is 0.214 e. The monoisotopic (exact) mass is 303 g/mol. The van der Waals surface area contributed by atoms with Crippen molar-refractivity contribution in [2.75, 3.05) is 45.5 Å². The summed E-state index contributed by atoms with van der Waals surface area (Å²) in [5, 5.41) is 3.30. The Hall–Kier alpha value is -0.170. The number of rotatable bonds is 4. The van der Waals surface area contributed by atoms with Gasteiger partial charge in [0.15, 0.2) is 0 Å². The zero-order chi connectivity index (χ0) is 14.6. The van der Waals surface area contributed by atoms with Gasteiger partial charge in [0.25, 0.3) is 0 Å². The number of nitrogens with zero attached hydrogens (tertiary/aromatic N) is 2. The zero-order valence-electron chi connectivity index (χ0n) is 12.8. The molecule has 0 aromatic rings. The van der Waals surface area contributed by atoms with Crippen molar-refractivity contribution in [3.8, 4) is 0 Å². The van der Waals surface area contributed by atoms with Gasteiger partial charge in [0.2, 0.25) is 10.0 Å². The molecule has 0 radical (unpaired) electrons. The van der Waals surface area contributed by atoms with Crippen molar-refractivity contribution in [1.29, 1.82) is 0 Å². The molecule has 2 aliphatic rings. The lowest BCUT2D eigenvalue weighted by Crippen LogP contribution is -2.46. The van der Waals surface area contributed by atoms with Gasteiger partial charge in [0, 0.05) is 19.1 Å². The van der Waals surface area contributed by atoms with E-state index in [0.29, 0.717) is 18.2 Å². The van der Waals surface area contributed by atoms with E-state index in [9.17, 15) is 8.42 Å². The average molecular weight is 303 g/mol. The quantitative estimate of drug-likeness (QED) is 0.832. The van der Waals surface area contributed by atoms with Crippen molar-refractivity contribution < 1.29 is 8.42 Å². The molecule has 0 bridgehead atoms. The molecule has 5 nitrogen and oxygen atoms in total. The molecule has 1 N–H and O–H groups in total. The highest BCUT2D eigenvalue weighted by Crippen LogP contribution is 2.21. The van der Waals surface area contributed by atoms with Crippen LogP contribution in [-0.4, -0.2) is 69.2 Å². The van der Waals surface area contributed by atoms with Crippen LogP contribution in [0.4, 0.5) is 0 Å². The minimum Gasteiger partial charge on any atom is -0.317 e. The molecular weight excluding hydrogens is 274 g/mol. The van der Waals surface area contributed by atoms with Crippen molar-refractivity contribution in [3.05, 3.63) is 0 Å². The van der Waals surface area contributed by atoms with Crippen molar-refractivity contribution in [2.24, 2.45) is 5.92 Å². The van der Waals surface area contributed by atoms with Gasteiger partial charge in [-0.2, -0.15) is 4.31 Å². The first-order valence-electron chi connectivity index (χ1n) is 7.91. The highest BCUT2D eigenvalue weighted by Gasteiger charge is 2.33. The molecule has 1 unspecified atom stereocenters. The molecule has 0 aliphatic carbocycles. The summed E-state index contributed by atoms with van der Waals surface area (Å²) >= 11 is 0. The molecular formula is C14H29N3O2S. The van der Waals surface area contributed by atoms with E-state index in [1.54, 1.807) is 4.31 Å². The van der Waals surface area contributed by atoms with E-state index in [1.807, 2.05) is 0 Å². The lowest BCUT2D eigenvalue weighted by Gasteiger charge is -2.31. The molecule has 0 aromatic heterocycles. The summed E-state index contributed by atoms with van der Waals surface area (Å²) in [6, 6.07) is 0.147. The van der Waals surface area contributed by atoms with Crippen LogP contribution in [0.2, 0.25) is 0 Å². The van der Waals surface area contributed by atoms with Gasteiger partial charge in [0.05, 0.1) is 5.75 Å². The summed E-state index contributed by atoms with van der Waals surface area (Å²) < 4.78 is 27.3. The summed E-state index contributed by atoms with van der Waals surface area (Å²) in [6.07, 6.45) is 3.82.